The molecule has 0 aliphatic heterocycles. The van der Waals surface area contributed by atoms with E-state index in [9.17, 15) is 8.78 Å². The first-order valence-electron chi connectivity index (χ1n) is 5.57. The summed E-state index contributed by atoms with van der Waals surface area (Å²) in [5.41, 5.74) is 8.01. The molecule has 0 saturated carbocycles. The van der Waals surface area contributed by atoms with Gasteiger partial charge in [-0.15, -0.1) is 0 Å². The van der Waals surface area contributed by atoms with Crippen LogP contribution in [0.1, 0.15) is 5.56 Å². The van der Waals surface area contributed by atoms with Crippen molar-refractivity contribution in [2.75, 3.05) is 17.7 Å². The molecule has 0 amide bonds. The molecule has 2 rings (SSSR count). The van der Waals surface area contributed by atoms with Crippen LogP contribution in [0, 0.1) is 11.6 Å². The number of hydrogen-bond donors (Lipinski definition) is 1. The predicted molar refractivity (Wildman–Crippen MR) is 69.3 cm³/mol. The van der Waals surface area contributed by atoms with Gasteiger partial charge in [0.2, 0.25) is 0 Å². The molecule has 2 aromatic rings. The Morgan fingerprint density at radius 2 is 1.83 bits per heavy atom. The summed E-state index contributed by atoms with van der Waals surface area (Å²) in [7, 11) is 1.82. The summed E-state index contributed by atoms with van der Waals surface area (Å²) in [4.78, 5) is 1.83. The van der Waals surface area contributed by atoms with Crippen molar-refractivity contribution in [3.63, 3.8) is 0 Å². The van der Waals surface area contributed by atoms with Gasteiger partial charge in [0.1, 0.15) is 0 Å². The number of benzene rings is 2. The van der Waals surface area contributed by atoms with Crippen LogP contribution in [0.25, 0.3) is 0 Å². The summed E-state index contributed by atoms with van der Waals surface area (Å²) < 4.78 is 26.0. The van der Waals surface area contributed by atoms with E-state index in [1.165, 1.54) is 6.07 Å². The van der Waals surface area contributed by atoms with Crippen LogP contribution in [0.5, 0.6) is 0 Å². The van der Waals surface area contributed by atoms with E-state index in [0.29, 0.717) is 17.9 Å². The average Bonchev–Trinajstić information content (AvgIpc) is 2.32. The Hall–Kier alpha value is -2.10. The number of anilines is 2. The van der Waals surface area contributed by atoms with Crippen molar-refractivity contribution in [1.82, 2.24) is 0 Å². The summed E-state index contributed by atoms with van der Waals surface area (Å²) >= 11 is 0. The second-order valence-electron chi connectivity index (χ2n) is 4.20. The number of halogens is 2. The van der Waals surface area contributed by atoms with E-state index in [1.54, 1.807) is 12.1 Å². The summed E-state index contributed by atoms with van der Waals surface area (Å²) in [6, 6.07) is 11.3. The third-order valence-corrected chi connectivity index (χ3v) is 2.71. The van der Waals surface area contributed by atoms with Crippen molar-refractivity contribution in [3.8, 4) is 0 Å². The van der Waals surface area contributed by atoms with E-state index in [2.05, 4.69) is 0 Å². The second-order valence-corrected chi connectivity index (χ2v) is 4.20. The van der Waals surface area contributed by atoms with Crippen LogP contribution in [0.3, 0.4) is 0 Å². The predicted octanol–water partition coefficient (Wildman–Crippen LogP) is 3.18. The van der Waals surface area contributed by atoms with Crippen LogP contribution in [-0.2, 0) is 6.54 Å². The number of hydrogen-bond acceptors (Lipinski definition) is 2. The molecular formula is C14H14F2N2. The lowest BCUT2D eigenvalue weighted by molar-refractivity contribution is 0.508. The number of nitrogens with zero attached hydrogens (tertiary/aromatic N) is 1. The highest BCUT2D eigenvalue weighted by molar-refractivity contribution is 5.48. The average molecular weight is 248 g/mol. The molecule has 94 valence electrons. The maximum atomic E-state index is 13.1. The quantitative estimate of drug-likeness (QED) is 0.845. The van der Waals surface area contributed by atoms with Crippen molar-refractivity contribution in [2.24, 2.45) is 0 Å². The SMILES string of the molecule is CN(Cc1cccc(N)c1)c1ccc(F)c(F)c1. The van der Waals surface area contributed by atoms with Crippen LogP contribution in [0.2, 0.25) is 0 Å². The van der Waals surface area contributed by atoms with Gasteiger partial charge < -0.3 is 10.6 Å². The molecule has 0 aromatic heterocycles. The number of nitrogen functional groups attached to an aromatic ring is 1. The molecule has 18 heavy (non-hydrogen) atoms. The fraction of sp³-hybridized carbons (Fsp3) is 0.143. The van der Waals surface area contributed by atoms with E-state index in [1.807, 2.05) is 30.1 Å². The first-order valence-corrected chi connectivity index (χ1v) is 5.57. The smallest absolute Gasteiger partial charge is 0.160 e. The standard InChI is InChI=1S/C14H14F2N2/c1-18(9-10-3-2-4-11(17)7-10)12-5-6-13(15)14(16)8-12/h2-8H,9,17H2,1H3. The van der Waals surface area contributed by atoms with Gasteiger partial charge in [0, 0.05) is 31.0 Å². The lowest BCUT2D eigenvalue weighted by Gasteiger charge is -2.19. The Bertz CT molecular complexity index is 555. The molecule has 2 aromatic carbocycles. The van der Waals surface area contributed by atoms with E-state index in [-0.39, 0.29) is 0 Å². The van der Waals surface area contributed by atoms with E-state index >= 15 is 0 Å². The van der Waals surface area contributed by atoms with Gasteiger partial charge in [0.05, 0.1) is 0 Å². The molecule has 0 spiro atoms. The van der Waals surface area contributed by atoms with Crippen molar-refractivity contribution in [3.05, 3.63) is 59.7 Å². The molecule has 0 heterocycles. The van der Waals surface area contributed by atoms with E-state index < -0.39 is 11.6 Å². The highest BCUT2D eigenvalue weighted by atomic mass is 19.2. The highest BCUT2D eigenvalue weighted by Crippen LogP contribution is 2.19. The van der Waals surface area contributed by atoms with Crippen LogP contribution in [-0.4, -0.2) is 7.05 Å². The topological polar surface area (TPSA) is 29.3 Å². The van der Waals surface area contributed by atoms with Gasteiger partial charge in [0.25, 0.3) is 0 Å². The Morgan fingerprint density at radius 1 is 1.06 bits per heavy atom. The maximum absolute atomic E-state index is 13.1. The first kappa shape index (κ1) is 12.4. The lowest BCUT2D eigenvalue weighted by atomic mass is 10.2. The fourth-order valence-corrected chi connectivity index (χ4v) is 1.78. The molecule has 2 nitrogen and oxygen atoms in total. The molecular weight excluding hydrogens is 234 g/mol. The van der Waals surface area contributed by atoms with Gasteiger partial charge in [-0.25, -0.2) is 8.78 Å². The largest absolute Gasteiger partial charge is 0.399 e. The minimum absolute atomic E-state index is 0.579. The third kappa shape index (κ3) is 2.77. The van der Waals surface area contributed by atoms with Gasteiger partial charge in [-0.1, -0.05) is 12.1 Å². The van der Waals surface area contributed by atoms with Gasteiger partial charge in [-0.05, 0) is 29.8 Å². The van der Waals surface area contributed by atoms with Gasteiger partial charge in [0.15, 0.2) is 11.6 Å². The Kier molecular flexibility index (Phi) is 3.46. The molecule has 0 aliphatic carbocycles. The monoisotopic (exact) mass is 248 g/mol. The van der Waals surface area contributed by atoms with Gasteiger partial charge >= 0.3 is 0 Å². The van der Waals surface area contributed by atoms with Crippen LogP contribution in [0.4, 0.5) is 20.2 Å². The van der Waals surface area contributed by atoms with Crippen molar-refractivity contribution in [1.29, 1.82) is 0 Å². The summed E-state index contributed by atoms with van der Waals surface area (Å²) in [5.74, 6) is -1.68. The minimum Gasteiger partial charge on any atom is -0.399 e. The molecule has 0 aliphatic rings. The Morgan fingerprint density at radius 3 is 2.50 bits per heavy atom. The summed E-state index contributed by atoms with van der Waals surface area (Å²) in [6.45, 7) is 0.579. The second kappa shape index (κ2) is 5.04. The fourth-order valence-electron chi connectivity index (χ4n) is 1.78. The van der Waals surface area contributed by atoms with Gasteiger partial charge in [-0.3, -0.25) is 0 Å². The summed E-state index contributed by atoms with van der Waals surface area (Å²) in [5, 5.41) is 0. The molecule has 4 heteroatoms. The Labute approximate surface area is 105 Å². The van der Waals surface area contributed by atoms with Crippen LogP contribution in [0.15, 0.2) is 42.5 Å². The zero-order chi connectivity index (χ0) is 13.1. The highest BCUT2D eigenvalue weighted by Gasteiger charge is 2.07. The van der Waals surface area contributed by atoms with Crippen molar-refractivity contribution >= 4 is 11.4 Å². The zero-order valence-corrected chi connectivity index (χ0v) is 10.0. The molecule has 0 saturated heterocycles. The number of nitrogens with two attached hydrogens (primary N) is 1. The molecule has 0 unspecified atom stereocenters. The van der Waals surface area contributed by atoms with Crippen LogP contribution >= 0.6 is 0 Å². The molecule has 0 fully saturated rings. The lowest BCUT2D eigenvalue weighted by Crippen LogP contribution is -2.16. The molecule has 2 N–H and O–H groups in total. The van der Waals surface area contributed by atoms with Gasteiger partial charge in [-0.2, -0.15) is 0 Å². The molecule has 0 bridgehead atoms. The summed E-state index contributed by atoms with van der Waals surface area (Å²) in [6.07, 6.45) is 0. The number of rotatable bonds is 3. The molecule has 0 atom stereocenters. The van der Waals surface area contributed by atoms with E-state index in [4.69, 9.17) is 5.73 Å². The first-order chi connectivity index (χ1) is 8.56. The van der Waals surface area contributed by atoms with E-state index in [0.717, 1.165) is 11.6 Å². The Balaban J connectivity index is 2.16. The maximum Gasteiger partial charge on any atom is 0.160 e. The normalized spacial score (nSPS) is 10.4. The third-order valence-electron chi connectivity index (χ3n) is 2.71. The zero-order valence-electron chi connectivity index (χ0n) is 10.0. The minimum atomic E-state index is -0.841. The molecule has 0 radical (unpaired) electrons. The van der Waals surface area contributed by atoms with Crippen molar-refractivity contribution in [2.45, 2.75) is 6.54 Å². The van der Waals surface area contributed by atoms with Crippen LogP contribution < -0.4 is 10.6 Å². The van der Waals surface area contributed by atoms with Crippen molar-refractivity contribution < 1.29 is 8.78 Å².